The van der Waals surface area contributed by atoms with E-state index in [1.54, 1.807) is 14.2 Å². The highest BCUT2D eigenvalue weighted by atomic mass is 35.5. The van der Waals surface area contributed by atoms with Crippen LogP contribution in [0.1, 0.15) is 100 Å². The number of benzene rings is 2. The summed E-state index contributed by atoms with van der Waals surface area (Å²) in [5.41, 5.74) is 3.99. The minimum atomic E-state index is -1.43. The number of aryl methyl sites for hydroxylation is 1. The summed E-state index contributed by atoms with van der Waals surface area (Å²) in [5, 5.41) is 0.731. The fourth-order valence-electron chi connectivity index (χ4n) is 7.77. The summed E-state index contributed by atoms with van der Waals surface area (Å²) in [6.45, 7) is 8.37. The van der Waals surface area contributed by atoms with E-state index in [4.69, 9.17) is 21.1 Å². The Morgan fingerprint density at radius 1 is 1.04 bits per heavy atom. The first kappa shape index (κ1) is 36.7. The van der Waals surface area contributed by atoms with Crippen LogP contribution < -0.4 is 14.4 Å². The van der Waals surface area contributed by atoms with Gasteiger partial charge in [0.2, 0.25) is 0 Å². The third-order valence-electron chi connectivity index (χ3n) is 10.2. The highest BCUT2D eigenvalue weighted by Crippen LogP contribution is 2.47. The molecule has 1 saturated carbocycles. The number of fused-ring (bicyclic) bond motifs is 4. The molecule has 1 spiro atoms. The molecule has 256 valence electrons. The first-order valence-corrected chi connectivity index (χ1v) is 18.9. The SMILES string of the molecule is CC.CCC1CCCCC(OC)C2CCC2CN2C[C@@]3(CCCc4cc(Cl)ccc43)COc3ccc(cc32)C(=O)NS1=O.COC. The van der Waals surface area contributed by atoms with E-state index < -0.39 is 11.0 Å². The molecule has 2 aliphatic carbocycles. The zero-order valence-corrected chi connectivity index (χ0v) is 30.3. The van der Waals surface area contributed by atoms with Gasteiger partial charge in [-0.1, -0.05) is 51.3 Å². The fraction of sp³-hybridized carbons (Fsp3) is 0.649. The Kier molecular flexibility index (Phi) is 13.8. The van der Waals surface area contributed by atoms with Crippen LogP contribution in [0.15, 0.2) is 36.4 Å². The van der Waals surface area contributed by atoms with Crippen molar-refractivity contribution in [1.82, 2.24) is 4.72 Å². The van der Waals surface area contributed by atoms with Crippen LogP contribution in [0, 0.1) is 11.8 Å². The van der Waals surface area contributed by atoms with E-state index in [1.807, 2.05) is 45.2 Å². The molecule has 1 amide bonds. The van der Waals surface area contributed by atoms with E-state index in [1.165, 1.54) is 24.0 Å². The number of hydrogen-bond donors (Lipinski definition) is 1. The lowest BCUT2D eigenvalue weighted by Gasteiger charge is -2.46. The predicted octanol–water partition coefficient (Wildman–Crippen LogP) is 7.89. The summed E-state index contributed by atoms with van der Waals surface area (Å²) < 4.78 is 32.9. The van der Waals surface area contributed by atoms with Crippen LogP contribution >= 0.6 is 11.6 Å². The molecule has 6 rings (SSSR count). The maximum atomic E-state index is 13.4. The number of rotatable bonds is 2. The van der Waals surface area contributed by atoms with E-state index in [9.17, 15) is 9.00 Å². The van der Waals surface area contributed by atoms with Gasteiger partial charge in [0.1, 0.15) is 16.7 Å². The number of carbonyl (C=O) groups is 1. The average molecular weight is 675 g/mol. The molecule has 1 N–H and O–H groups in total. The van der Waals surface area contributed by atoms with Gasteiger partial charge in [0.25, 0.3) is 5.91 Å². The van der Waals surface area contributed by atoms with Crippen molar-refractivity contribution in [2.45, 2.75) is 102 Å². The Morgan fingerprint density at radius 2 is 1.80 bits per heavy atom. The van der Waals surface area contributed by atoms with Gasteiger partial charge in [0.05, 0.1) is 23.6 Å². The Bertz CT molecular complexity index is 1320. The van der Waals surface area contributed by atoms with Gasteiger partial charge >= 0.3 is 0 Å². The first-order chi connectivity index (χ1) is 22.3. The van der Waals surface area contributed by atoms with Gasteiger partial charge < -0.3 is 19.1 Å². The standard InChI is InChI=1S/C33H43ClN2O4S.C2H6O.C2H6/c1-3-26-8-4-5-9-30(39-2)27-13-10-24(27)19-36-20-33(16-6-7-22-17-25(34)12-14-28(22)33)21-40-31-15-11-23(18-29(31)36)32(37)35-41(26)38;1-3-2;1-2/h11-12,14-15,17-18,24,26-27,30H,3-10,13,16,19-21H2,1-2H3,(H,35,37);1-2H3;1-2H3/t24?,26?,27?,30?,33-,41?;;/m0../s1. The van der Waals surface area contributed by atoms with Crippen molar-refractivity contribution in [3.05, 3.63) is 58.1 Å². The van der Waals surface area contributed by atoms with Gasteiger partial charge in [-0.3, -0.25) is 9.52 Å². The Labute approximate surface area is 284 Å². The molecule has 4 aliphatic rings. The Hall–Kier alpha value is -2.13. The zero-order valence-electron chi connectivity index (χ0n) is 28.7. The smallest absolute Gasteiger partial charge is 0.263 e. The Balaban J connectivity index is 0.000000908. The molecule has 2 aliphatic heterocycles. The fourth-order valence-corrected chi connectivity index (χ4v) is 9.12. The van der Waals surface area contributed by atoms with Gasteiger partial charge in [-0.05, 0) is 105 Å². The molecule has 0 radical (unpaired) electrons. The van der Waals surface area contributed by atoms with Crippen LogP contribution in [0.5, 0.6) is 5.75 Å². The van der Waals surface area contributed by atoms with Crippen molar-refractivity contribution in [3.63, 3.8) is 0 Å². The number of nitrogens with zero attached hydrogens (tertiary/aromatic N) is 1. The number of halogens is 1. The van der Waals surface area contributed by atoms with Crippen molar-refractivity contribution in [2.75, 3.05) is 45.9 Å². The van der Waals surface area contributed by atoms with Gasteiger partial charge in [-0.2, -0.15) is 0 Å². The summed E-state index contributed by atoms with van der Waals surface area (Å²) >= 11 is 6.42. The maximum Gasteiger partial charge on any atom is 0.263 e. The van der Waals surface area contributed by atoms with E-state index in [-0.39, 0.29) is 22.7 Å². The quantitative estimate of drug-likeness (QED) is 0.349. The highest BCUT2D eigenvalue weighted by molar-refractivity contribution is 7.84. The minimum absolute atomic E-state index is 0.0512. The second-order valence-electron chi connectivity index (χ2n) is 13.0. The van der Waals surface area contributed by atoms with Gasteiger partial charge in [0, 0.05) is 50.4 Å². The van der Waals surface area contributed by atoms with Crippen molar-refractivity contribution in [2.24, 2.45) is 11.8 Å². The molecule has 46 heavy (non-hydrogen) atoms. The number of amides is 1. The monoisotopic (exact) mass is 674 g/mol. The summed E-state index contributed by atoms with van der Waals surface area (Å²) in [5.74, 6) is 1.58. The summed E-state index contributed by atoms with van der Waals surface area (Å²) in [6.07, 6.45) is 10.5. The number of ether oxygens (including phenoxy) is 3. The van der Waals surface area contributed by atoms with Crippen LogP contribution in [0.25, 0.3) is 0 Å². The van der Waals surface area contributed by atoms with Crippen molar-refractivity contribution >= 4 is 34.2 Å². The van der Waals surface area contributed by atoms with Crippen molar-refractivity contribution in [1.29, 1.82) is 0 Å². The molecule has 6 atom stereocenters. The molecule has 9 heteroatoms. The first-order valence-electron chi connectivity index (χ1n) is 17.3. The van der Waals surface area contributed by atoms with E-state index in [0.717, 1.165) is 80.9 Å². The Morgan fingerprint density at radius 3 is 2.50 bits per heavy atom. The predicted molar refractivity (Wildman–Crippen MR) is 190 cm³/mol. The largest absolute Gasteiger partial charge is 0.490 e. The molecular formula is C37H55ClN2O5S. The third kappa shape index (κ3) is 8.29. The lowest BCUT2D eigenvalue weighted by Crippen LogP contribution is -2.49. The average Bonchev–Trinajstić information content (AvgIpc) is 3.20. The van der Waals surface area contributed by atoms with Gasteiger partial charge in [-0.25, -0.2) is 4.21 Å². The molecule has 2 heterocycles. The van der Waals surface area contributed by atoms with Crippen molar-refractivity contribution < 1.29 is 23.2 Å². The van der Waals surface area contributed by atoms with Crippen LogP contribution in [-0.2, 0) is 32.3 Å². The number of hydrogen-bond acceptors (Lipinski definition) is 6. The molecule has 2 aromatic carbocycles. The molecular weight excluding hydrogens is 620 g/mol. The highest BCUT2D eigenvalue weighted by Gasteiger charge is 2.44. The topological polar surface area (TPSA) is 77.1 Å². The van der Waals surface area contributed by atoms with E-state index >= 15 is 0 Å². The van der Waals surface area contributed by atoms with Crippen LogP contribution in [0.3, 0.4) is 0 Å². The minimum Gasteiger partial charge on any atom is -0.490 e. The normalized spacial score (nSPS) is 29.2. The molecule has 1 fully saturated rings. The van der Waals surface area contributed by atoms with Gasteiger partial charge in [0.15, 0.2) is 0 Å². The molecule has 0 saturated heterocycles. The van der Waals surface area contributed by atoms with E-state index in [0.29, 0.717) is 24.0 Å². The second kappa shape index (κ2) is 17.3. The molecule has 5 unspecified atom stereocenters. The van der Waals surface area contributed by atoms with Crippen molar-refractivity contribution in [3.8, 4) is 5.75 Å². The van der Waals surface area contributed by atoms with Gasteiger partial charge in [-0.15, -0.1) is 0 Å². The second-order valence-corrected chi connectivity index (χ2v) is 14.9. The molecule has 0 aromatic heterocycles. The number of carbonyl (C=O) groups excluding carboxylic acids is 1. The van der Waals surface area contributed by atoms with E-state index in [2.05, 4.69) is 33.4 Å². The lowest BCUT2D eigenvalue weighted by atomic mass is 9.68. The molecule has 2 bridgehead atoms. The number of anilines is 1. The lowest BCUT2D eigenvalue weighted by molar-refractivity contribution is -0.0220. The maximum absolute atomic E-state index is 13.4. The van der Waals surface area contributed by atoms with Crippen LogP contribution in [0.4, 0.5) is 5.69 Å². The summed E-state index contributed by atoms with van der Waals surface area (Å²) in [6, 6.07) is 12.0. The third-order valence-corrected chi connectivity index (χ3v) is 12.0. The number of nitrogens with one attached hydrogen (secondary N) is 1. The molecule has 2 aromatic rings. The summed E-state index contributed by atoms with van der Waals surface area (Å²) in [7, 11) is 3.68. The zero-order chi connectivity index (χ0) is 33.3. The number of methoxy groups -OCH3 is 2. The van der Waals surface area contributed by atoms with Crippen LogP contribution in [-0.4, -0.2) is 62.5 Å². The molecule has 7 nitrogen and oxygen atoms in total. The van der Waals surface area contributed by atoms with Crippen LogP contribution in [0.2, 0.25) is 5.02 Å². The summed E-state index contributed by atoms with van der Waals surface area (Å²) in [4.78, 5) is 15.9.